The number of hydrogen-bond donors (Lipinski definition) is 0. The summed E-state index contributed by atoms with van der Waals surface area (Å²) in [4.78, 5) is 14.4. The zero-order chi connectivity index (χ0) is 13.8. The Labute approximate surface area is 114 Å². The van der Waals surface area contributed by atoms with Crippen LogP contribution >= 0.6 is 0 Å². The van der Waals surface area contributed by atoms with Gasteiger partial charge in [-0.2, -0.15) is 5.26 Å². The maximum Gasteiger partial charge on any atom is 0.185 e. The van der Waals surface area contributed by atoms with Gasteiger partial charge in [-0.15, -0.1) is 0 Å². The highest BCUT2D eigenvalue weighted by Gasteiger charge is 2.22. The van der Waals surface area contributed by atoms with Crippen molar-refractivity contribution >= 4 is 11.6 Å². The molecule has 2 heterocycles. The third-order valence-electron chi connectivity index (χ3n) is 3.64. The molecule has 1 saturated heterocycles. The maximum absolute atomic E-state index is 8.90. The van der Waals surface area contributed by atoms with Gasteiger partial charge in [0.25, 0.3) is 0 Å². The molecule has 1 unspecified atom stereocenters. The van der Waals surface area contributed by atoms with Crippen molar-refractivity contribution in [1.82, 2.24) is 14.9 Å². The van der Waals surface area contributed by atoms with Crippen LogP contribution in [-0.4, -0.2) is 55.1 Å². The Hall–Kier alpha value is -1.87. The number of likely N-dealkylation sites (N-methyl/N-ethyl adjacent to an activating group) is 2. The van der Waals surface area contributed by atoms with Crippen molar-refractivity contribution in [3.8, 4) is 6.19 Å². The molecule has 1 atom stereocenters. The molecule has 102 valence electrons. The Bertz CT molecular complexity index is 468. The fourth-order valence-electron chi connectivity index (χ4n) is 2.41. The van der Waals surface area contributed by atoms with Crippen LogP contribution in [0.3, 0.4) is 0 Å². The fourth-order valence-corrected chi connectivity index (χ4v) is 2.41. The van der Waals surface area contributed by atoms with E-state index in [-0.39, 0.29) is 0 Å². The quantitative estimate of drug-likeness (QED) is 0.595. The monoisotopic (exact) mass is 260 g/mol. The van der Waals surface area contributed by atoms with Crippen LogP contribution in [0.5, 0.6) is 0 Å². The summed E-state index contributed by atoms with van der Waals surface area (Å²) in [6.45, 7) is 2.21. The predicted octanol–water partition coefficient (Wildman–Crippen LogP) is 0.924. The van der Waals surface area contributed by atoms with E-state index >= 15 is 0 Å². The Kier molecular flexibility index (Phi) is 4.17. The van der Waals surface area contributed by atoms with E-state index in [1.807, 2.05) is 6.07 Å². The van der Waals surface area contributed by atoms with Gasteiger partial charge in [-0.25, -0.2) is 9.97 Å². The molecule has 0 N–H and O–H groups in total. The number of rotatable bonds is 3. The summed E-state index contributed by atoms with van der Waals surface area (Å²) in [7, 11) is 5.90. The molecule has 0 spiro atoms. The SMILES string of the molecule is CN1CCCC(N(C)c2cc(N(C)C#N)ncn2)C1. The molecule has 0 radical (unpaired) electrons. The van der Waals surface area contributed by atoms with Crippen molar-refractivity contribution < 1.29 is 0 Å². The smallest absolute Gasteiger partial charge is 0.185 e. The van der Waals surface area contributed by atoms with E-state index in [1.54, 1.807) is 7.05 Å². The van der Waals surface area contributed by atoms with Crippen molar-refractivity contribution in [2.75, 3.05) is 44.0 Å². The Morgan fingerprint density at radius 1 is 1.37 bits per heavy atom. The zero-order valence-corrected chi connectivity index (χ0v) is 11.7. The second-order valence-corrected chi connectivity index (χ2v) is 5.06. The van der Waals surface area contributed by atoms with Crippen LogP contribution in [0, 0.1) is 11.5 Å². The lowest BCUT2D eigenvalue weighted by atomic mass is 10.1. The van der Waals surface area contributed by atoms with Crippen molar-refractivity contribution in [3.05, 3.63) is 12.4 Å². The first-order valence-electron chi connectivity index (χ1n) is 6.48. The van der Waals surface area contributed by atoms with Gasteiger partial charge < -0.3 is 9.80 Å². The second-order valence-electron chi connectivity index (χ2n) is 5.06. The van der Waals surface area contributed by atoms with Crippen LogP contribution in [0.1, 0.15) is 12.8 Å². The minimum Gasteiger partial charge on any atom is -0.355 e. The van der Waals surface area contributed by atoms with E-state index in [1.165, 1.54) is 24.1 Å². The van der Waals surface area contributed by atoms with Crippen LogP contribution in [0.15, 0.2) is 12.4 Å². The van der Waals surface area contributed by atoms with Gasteiger partial charge in [-0.05, 0) is 26.4 Å². The summed E-state index contributed by atoms with van der Waals surface area (Å²) in [5.74, 6) is 1.50. The van der Waals surface area contributed by atoms with Crippen LogP contribution < -0.4 is 9.80 Å². The molecule has 6 nitrogen and oxygen atoms in total. The Morgan fingerprint density at radius 3 is 2.79 bits per heavy atom. The number of hydrogen-bond acceptors (Lipinski definition) is 6. The van der Waals surface area contributed by atoms with Gasteiger partial charge in [-0.3, -0.25) is 4.90 Å². The molecule has 0 aliphatic carbocycles. The normalized spacial score (nSPS) is 19.8. The largest absolute Gasteiger partial charge is 0.355 e. The van der Waals surface area contributed by atoms with E-state index in [9.17, 15) is 0 Å². The predicted molar refractivity (Wildman–Crippen MR) is 75.0 cm³/mol. The van der Waals surface area contributed by atoms with Crippen LogP contribution in [0.25, 0.3) is 0 Å². The molecule has 0 saturated carbocycles. The Morgan fingerprint density at radius 2 is 2.11 bits per heavy atom. The molecular weight excluding hydrogens is 240 g/mol. The molecular formula is C13H20N6. The number of anilines is 2. The summed E-state index contributed by atoms with van der Waals surface area (Å²) < 4.78 is 0. The molecule has 1 fully saturated rings. The summed E-state index contributed by atoms with van der Waals surface area (Å²) >= 11 is 0. The van der Waals surface area contributed by atoms with Crippen molar-refractivity contribution in [2.45, 2.75) is 18.9 Å². The number of likely N-dealkylation sites (tertiary alicyclic amines) is 1. The third kappa shape index (κ3) is 3.12. The minimum atomic E-state index is 0.467. The number of nitrogens with zero attached hydrogens (tertiary/aromatic N) is 6. The van der Waals surface area contributed by atoms with E-state index in [0.29, 0.717) is 11.9 Å². The van der Waals surface area contributed by atoms with E-state index in [0.717, 1.165) is 18.9 Å². The molecule has 6 heteroatoms. The van der Waals surface area contributed by atoms with Crippen LogP contribution in [0.2, 0.25) is 0 Å². The molecule has 1 aliphatic heterocycles. The van der Waals surface area contributed by atoms with Crippen molar-refractivity contribution in [2.24, 2.45) is 0 Å². The first-order valence-corrected chi connectivity index (χ1v) is 6.48. The van der Waals surface area contributed by atoms with Crippen molar-refractivity contribution in [3.63, 3.8) is 0 Å². The third-order valence-corrected chi connectivity index (χ3v) is 3.64. The molecule has 1 aromatic rings. The van der Waals surface area contributed by atoms with Crippen molar-refractivity contribution in [1.29, 1.82) is 5.26 Å². The highest BCUT2D eigenvalue weighted by atomic mass is 15.3. The first-order chi connectivity index (χ1) is 9.11. The zero-order valence-electron chi connectivity index (χ0n) is 11.7. The van der Waals surface area contributed by atoms with E-state index in [2.05, 4.69) is 40.1 Å². The number of nitriles is 1. The molecule has 1 aromatic heterocycles. The van der Waals surface area contributed by atoms with Gasteiger partial charge in [-0.1, -0.05) is 0 Å². The van der Waals surface area contributed by atoms with Crippen LogP contribution in [-0.2, 0) is 0 Å². The van der Waals surface area contributed by atoms with Gasteiger partial charge in [0, 0.05) is 32.7 Å². The fraction of sp³-hybridized carbons (Fsp3) is 0.615. The highest BCUT2D eigenvalue weighted by molar-refractivity contribution is 5.51. The minimum absolute atomic E-state index is 0.467. The molecule has 0 aromatic carbocycles. The standard InChI is InChI=1S/C13H20N6/c1-17-6-4-5-11(8-17)19(3)13-7-12(15-10-16-13)18(2)9-14/h7,10-11H,4-6,8H2,1-3H3. The number of piperidine rings is 1. The molecule has 0 bridgehead atoms. The van der Waals surface area contributed by atoms with Gasteiger partial charge in [0.05, 0.1) is 0 Å². The molecule has 1 aliphatic rings. The highest BCUT2D eigenvalue weighted by Crippen LogP contribution is 2.21. The van der Waals surface area contributed by atoms with Gasteiger partial charge >= 0.3 is 0 Å². The molecule has 19 heavy (non-hydrogen) atoms. The topological polar surface area (TPSA) is 59.3 Å². The summed E-state index contributed by atoms with van der Waals surface area (Å²) in [5, 5.41) is 8.90. The van der Waals surface area contributed by atoms with E-state index < -0.39 is 0 Å². The molecule has 2 rings (SSSR count). The second kappa shape index (κ2) is 5.85. The van der Waals surface area contributed by atoms with Gasteiger partial charge in [0.1, 0.15) is 18.0 Å². The number of aromatic nitrogens is 2. The Balaban J connectivity index is 2.14. The lowest BCUT2D eigenvalue weighted by molar-refractivity contribution is 0.247. The van der Waals surface area contributed by atoms with Gasteiger partial charge in [0.2, 0.25) is 0 Å². The lowest BCUT2D eigenvalue weighted by Gasteiger charge is -2.36. The first kappa shape index (κ1) is 13.6. The summed E-state index contributed by atoms with van der Waals surface area (Å²) in [6, 6.07) is 2.33. The maximum atomic E-state index is 8.90. The van der Waals surface area contributed by atoms with E-state index in [4.69, 9.17) is 5.26 Å². The average molecular weight is 260 g/mol. The lowest BCUT2D eigenvalue weighted by Crippen LogP contribution is -2.45. The molecule has 0 amide bonds. The average Bonchev–Trinajstić information content (AvgIpc) is 2.45. The van der Waals surface area contributed by atoms with Crippen LogP contribution in [0.4, 0.5) is 11.6 Å². The summed E-state index contributed by atoms with van der Waals surface area (Å²) in [5.41, 5.74) is 0. The summed E-state index contributed by atoms with van der Waals surface area (Å²) in [6.07, 6.45) is 5.95. The van der Waals surface area contributed by atoms with Gasteiger partial charge in [0.15, 0.2) is 6.19 Å².